The van der Waals surface area contributed by atoms with Crippen LogP contribution in [-0.2, 0) is 22.3 Å². The normalized spacial score (nSPS) is 35.8. The van der Waals surface area contributed by atoms with Gasteiger partial charge in [0.25, 0.3) is 0 Å². The monoisotopic (exact) mass is 454 g/mol. The van der Waals surface area contributed by atoms with Gasteiger partial charge in [-0.15, -0.1) is 0 Å². The van der Waals surface area contributed by atoms with Crippen molar-refractivity contribution in [2.24, 2.45) is 5.92 Å². The standard InChI is InChI=1S/C18H22F3IO2/c1-11(2)17-9-15(16(3,24-17)8-14(17)22)23-10-12-6-4-5-7-13(12)18(19,20)21/h4-7,11,14-15H,8-10H2,1-3H3/t14-,15+,16-,17+/m0/s1. The molecule has 2 aliphatic rings. The summed E-state index contributed by atoms with van der Waals surface area (Å²) in [5.41, 5.74) is -1.09. The molecule has 0 N–H and O–H groups in total. The van der Waals surface area contributed by atoms with Gasteiger partial charge in [0.15, 0.2) is 0 Å². The predicted molar refractivity (Wildman–Crippen MR) is 94.1 cm³/mol. The van der Waals surface area contributed by atoms with Gasteiger partial charge in [-0.2, -0.15) is 13.2 Å². The number of fused-ring (bicyclic) bond motifs is 2. The summed E-state index contributed by atoms with van der Waals surface area (Å²) >= 11 is 2.44. The van der Waals surface area contributed by atoms with Crippen LogP contribution < -0.4 is 0 Å². The second kappa shape index (κ2) is 6.13. The topological polar surface area (TPSA) is 18.5 Å². The van der Waals surface area contributed by atoms with Crippen molar-refractivity contribution in [3.05, 3.63) is 35.4 Å². The number of ether oxygens (including phenoxy) is 2. The van der Waals surface area contributed by atoms with E-state index in [1.807, 2.05) is 6.92 Å². The summed E-state index contributed by atoms with van der Waals surface area (Å²) in [6.45, 7) is 6.26. The van der Waals surface area contributed by atoms with Gasteiger partial charge < -0.3 is 9.47 Å². The van der Waals surface area contributed by atoms with Crippen molar-refractivity contribution in [1.82, 2.24) is 0 Å². The second-order valence-corrected chi connectivity index (χ2v) is 8.86. The Morgan fingerprint density at radius 2 is 1.96 bits per heavy atom. The number of alkyl halides is 4. The number of hydrogen-bond acceptors (Lipinski definition) is 2. The van der Waals surface area contributed by atoms with Crippen LogP contribution in [0.4, 0.5) is 13.2 Å². The minimum absolute atomic E-state index is 0.0423. The van der Waals surface area contributed by atoms with Crippen LogP contribution in [0.3, 0.4) is 0 Å². The van der Waals surface area contributed by atoms with E-state index in [1.165, 1.54) is 12.1 Å². The predicted octanol–water partition coefficient (Wildman–Crippen LogP) is 5.37. The molecular formula is C18H22F3IO2. The van der Waals surface area contributed by atoms with Gasteiger partial charge in [0.05, 0.1) is 29.5 Å². The van der Waals surface area contributed by atoms with Crippen molar-refractivity contribution < 1.29 is 22.6 Å². The maximum absolute atomic E-state index is 13.1. The van der Waals surface area contributed by atoms with Crippen molar-refractivity contribution in [1.29, 1.82) is 0 Å². The van der Waals surface area contributed by atoms with Crippen LogP contribution in [0.5, 0.6) is 0 Å². The van der Waals surface area contributed by atoms with Crippen molar-refractivity contribution in [2.45, 2.75) is 67.6 Å². The molecule has 24 heavy (non-hydrogen) atoms. The number of benzene rings is 1. The molecular weight excluding hydrogens is 432 g/mol. The Morgan fingerprint density at radius 3 is 2.54 bits per heavy atom. The summed E-state index contributed by atoms with van der Waals surface area (Å²) in [5.74, 6) is 0.345. The Labute approximate surface area is 154 Å². The summed E-state index contributed by atoms with van der Waals surface area (Å²) in [4.78, 5) is 0. The average molecular weight is 454 g/mol. The quantitative estimate of drug-likeness (QED) is 0.450. The van der Waals surface area contributed by atoms with E-state index in [9.17, 15) is 13.2 Å². The van der Waals surface area contributed by atoms with Crippen molar-refractivity contribution in [3.8, 4) is 0 Å². The van der Waals surface area contributed by atoms with Gasteiger partial charge in [0, 0.05) is 10.3 Å². The van der Waals surface area contributed by atoms with Gasteiger partial charge in [-0.1, -0.05) is 54.6 Å². The van der Waals surface area contributed by atoms with E-state index in [1.54, 1.807) is 6.07 Å². The van der Waals surface area contributed by atoms with Crippen molar-refractivity contribution in [2.75, 3.05) is 0 Å². The highest BCUT2D eigenvalue weighted by Gasteiger charge is 2.65. The van der Waals surface area contributed by atoms with Gasteiger partial charge in [-0.25, -0.2) is 0 Å². The van der Waals surface area contributed by atoms with Crippen molar-refractivity contribution in [3.63, 3.8) is 0 Å². The van der Waals surface area contributed by atoms with Crippen LogP contribution in [-0.4, -0.2) is 21.2 Å². The van der Waals surface area contributed by atoms with Crippen LogP contribution in [0.25, 0.3) is 0 Å². The zero-order valence-electron chi connectivity index (χ0n) is 14.0. The average Bonchev–Trinajstić information content (AvgIpc) is 2.92. The van der Waals surface area contributed by atoms with Crippen LogP contribution in [0.2, 0.25) is 0 Å². The Kier molecular flexibility index (Phi) is 4.71. The molecule has 1 aromatic rings. The van der Waals surface area contributed by atoms with E-state index >= 15 is 0 Å². The Balaban J connectivity index is 1.76. The molecule has 134 valence electrons. The highest BCUT2D eigenvalue weighted by Crippen LogP contribution is 2.57. The first-order valence-corrected chi connectivity index (χ1v) is 9.44. The fourth-order valence-corrected chi connectivity index (χ4v) is 5.98. The number of hydrogen-bond donors (Lipinski definition) is 0. The lowest BCUT2D eigenvalue weighted by atomic mass is 9.75. The summed E-state index contributed by atoms with van der Waals surface area (Å²) in [6, 6.07) is 5.61. The van der Waals surface area contributed by atoms with Gasteiger partial charge in [-0.3, -0.25) is 0 Å². The molecule has 0 radical (unpaired) electrons. The zero-order chi connectivity index (χ0) is 17.8. The van der Waals surface area contributed by atoms with Gasteiger partial charge in [0.2, 0.25) is 0 Å². The largest absolute Gasteiger partial charge is 0.416 e. The molecule has 2 aliphatic heterocycles. The van der Waals surface area contributed by atoms with E-state index in [4.69, 9.17) is 9.47 Å². The summed E-state index contributed by atoms with van der Waals surface area (Å²) in [5, 5.41) is 0. The lowest BCUT2D eigenvalue weighted by Gasteiger charge is -2.35. The maximum Gasteiger partial charge on any atom is 0.416 e. The van der Waals surface area contributed by atoms with Crippen LogP contribution in [0.15, 0.2) is 24.3 Å². The molecule has 6 heteroatoms. The highest BCUT2D eigenvalue weighted by atomic mass is 127. The first-order chi connectivity index (χ1) is 11.1. The Bertz CT molecular complexity index is 619. The second-order valence-electron chi connectivity index (χ2n) is 7.35. The molecule has 0 aromatic heterocycles. The SMILES string of the molecule is CC(C)[C@]12C[C@@H](OCc3ccccc3C(F)(F)F)[C@](C)(C[C@@H]1I)O2. The third-order valence-electron chi connectivity index (χ3n) is 5.46. The number of halogens is 4. The molecule has 3 rings (SSSR count). The van der Waals surface area contributed by atoms with E-state index in [0.29, 0.717) is 9.84 Å². The molecule has 2 nitrogen and oxygen atoms in total. The fraction of sp³-hybridized carbons (Fsp3) is 0.667. The summed E-state index contributed by atoms with van der Waals surface area (Å²) < 4.78 is 52.1. The van der Waals surface area contributed by atoms with Crippen LogP contribution in [0.1, 0.15) is 44.7 Å². The molecule has 2 fully saturated rings. The molecule has 2 heterocycles. The lowest BCUT2D eigenvalue weighted by molar-refractivity contribution is -0.139. The minimum Gasteiger partial charge on any atom is -0.370 e. The molecule has 0 spiro atoms. The first-order valence-electron chi connectivity index (χ1n) is 8.19. The van der Waals surface area contributed by atoms with E-state index in [2.05, 4.69) is 36.4 Å². The van der Waals surface area contributed by atoms with Gasteiger partial charge >= 0.3 is 6.18 Å². The van der Waals surface area contributed by atoms with Crippen LogP contribution >= 0.6 is 22.6 Å². The van der Waals surface area contributed by atoms with Gasteiger partial charge in [0.1, 0.15) is 0 Å². The number of rotatable bonds is 4. The Morgan fingerprint density at radius 1 is 1.29 bits per heavy atom. The molecule has 1 aromatic carbocycles. The fourth-order valence-electron chi connectivity index (χ4n) is 4.00. The maximum atomic E-state index is 13.1. The lowest BCUT2D eigenvalue weighted by Crippen LogP contribution is -2.44. The first kappa shape index (κ1) is 18.5. The Hall–Kier alpha value is -0.340. The third kappa shape index (κ3) is 2.98. The van der Waals surface area contributed by atoms with E-state index in [0.717, 1.165) is 18.9 Å². The smallest absolute Gasteiger partial charge is 0.370 e. The van der Waals surface area contributed by atoms with E-state index in [-0.39, 0.29) is 23.9 Å². The molecule has 4 atom stereocenters. The zero-order valence-corrected chi connectivity index (χ0v) is 16.1. The molecule has 2 saturated heterocycles. The summed E-state index contributed by atoms with van der Waals surface area (Å²) in [7, 11) is 0. The summed E-state index contributed by atoms with van der Waals surface area (Å²) in [6.07, 6.45) is -2.92. The molecule has 0 aliphatic carbocycles. The van der Waals surface area contributed by atoms with Crippen molar-refractivity contribution >= 4 is 22.6 Å². The van der Waals surface area contributed by atoms with E-state index < -0.39 is 17.3 Å². The molecule has 0 unspecified atom stereocenters. The minimum atomic E-state index is -4.36. The van der Waals surface area contributed by atoms with Crippen LogP contribution in [0, 0.1) is 5.92 Å². The third-order valence-corrected chi connectivity index (χ3v) is 6.96. The molecule has 2 bridgehead atoms. The molecule has 0 amide bonds. The van der Waals surface area contributed by atoms with Gasteiger partial charge in [-0.05, 0) is 30.9 Å². The molecule has 0 saturated carbocycles. The highest BCUT2D eigenvalue weighted by molar-refractivity contribution is 14.1.